The van der Waals surface area contributed by atoms with Crippen molar-refractivity contribution in [3.63, 3.8) is 0 Å². The molecule has 0 aliphatic carbocycles. The molecule has 0 spiro atoms. The summed E-state index contributed by atoms with van der Waals surface area (Å²) < 4.78 is 13.0. The van der Waals surface area contributed by atoms with Gasteiger partial charge in [0, 0.05) is 18.7 Å². The highest BCUT2D eigenvalue weighted by molar-refractivity contribution is 7.17. The van der Waals surface area contributed by atoms with Crippen LogP contribution in [0.15, 0.2) is 24.3 Å². The minimum Gasteiger partial charge on any atom is -0.350 e. The number of thiazole rings is 1. The first kappa shape index (κ1) is 16.6. The van der Waals surface area contributed by atoms with E-state index in [0.29, 0.717) is 17.1 Å². The maximum Gasteiger partial charge on any atom is 0.263 e. The molecular weight excluding hydrogens is 301 g/mol. The average molecular weight is 321 g/mol. The number of hydrogen-bond donors (Lipinski definition) is 1. The van der Waals surface area contributed by atoms with E-state index >= 15 is 0 Å². The molecule has 118 valence electrons. The van der Waals surface area contributed by atoms with Crippen LogP contribution in [0.4, 0.5) is 4.39 Å². The standard InChI is InChI=1S/C16H20FN3OS/c1-4-20(3)10-9-18-15(21)14-11(2)19-16(22-14)12-5-7-13(17)8-6-12/h5-8H,4,9-10H2,1-3H3,(H,18,21). The summed E-state index contributed by atoms with van der Waals surface area (Å²) in [5.41, 5.74) is 1.52. The number of nitrogens with one attached hydrogen (secondary N) is 1. The molecule has 1 N–H and O–H groups in total. The van der Waals surface area contributed by atoms with E-state index in [9.17, 15) is 9.18 Å². The van der Waals surface area contributed by atoms with Gasteiger partial charge in [0.1, 0.15) is 15.7 Å². The van der Waals surface area contributed by atoms with Gasteiger partial charge in [0.15, 0.2) is 0 Å². The summed E-state index contributed by atoms with van der Waals surface area (Å²) in [5, 5.41) is 3.64. The highest BCUT2D eigenvalue weighted by Gasteiger charge is 2.16. The van der Waals surface area contributed by atoms with Crippen molar-refractivity contribution in [3.05, 3.63) is 40.7 Å². The third-order valence-electron chi connectivity index (χ3n) is 3.41. The fourth-order valence-electron chi connectivity index (χ4n) is 1.92. The van der Waals surface area contributed by atoms with Gasteiger partial charge in [0.25, 0.3) is 5.91 Å². The summed E-state index contributed by atoms with van der Waals surface area (Å²) in [6, 6.07) is 6.13. The molecule has 1 aromatic carbocycles. The smallest absolute Gasteiger partial charge is 0.263 e. The normalized spacial score (nSPS) is 11.0. The molecule has 2 rings (SSSR count). The molecule has 0 radical (unpaired) electrons. The molecule has 0 aliphatic heterocycles. The molecule has 6 heteroatoms. The van der Waals surface area contributed by atoms with Crippen molar-refractivity contribution in [2.24, 2.45) is 0 Å². The molecule has 0 saturated carbocycles. The van der Waals surface area contributed by atoms with Crippen LogP contribution in [-0.4, -0.2) is 42.5 Å². The molecule has 2 aromatic rings. The monoisotopic (exact) mass is 321 g/mol. The van der Waals surface area contributed by atoms with Crippen molar-refractivity contribution in [2.45, 2.75) is 13.8 Å². The fourth-order valence-corrected chi connectivity index (χ4v) is 2.91. The molecule has 0 fully saturated rings. The van der Waals surface area contributed by atoms with E-state index in [-0.39, 0.29) is 11.7 Å². The molecule has 1 heterocycles. The Balaban J connectivity index is 2.06. The van der Waals surface area contributed by atoms with Gasteiger partial charge in [-0.15, -0.1) is 11.3 Å². The summed E-state index contributed by atoms with van der Waals surface area (Å²) >= 11 is 1.33. The molecule has 0 bridgehead atoms. The highest BCUT2D eigenvalue weighted by atomic mass is 32.1. The zero-order chi connectivity index (χ0) is 16.1. The molecule has 0 aliphatic rings. The van der Waals surface area contributed by atoms with Crippen LogP contribution < -0.4 is 5.32 Å². The van der Waals surface area contributed by atoms with Crippen LogP contribution in [0.1, 0.15) is 22.3 Å². The van der Waals surface area contributed by atoms with Crippen LogP contribution in [0.3, 0.4) is 0 Å². The van der Waals surface area contributed by atoms with E-state index in [2.05, 4.69) is 22.1 Å². The van der Waals surface area contributed by atoms with Gasteiger partial charge in [-0.25, -0.2) is 9.37 Å². The highest BCUT2D eigenvalue weighted by Crippen LogP contribution is 2.27. The van der Waals surface area contributed by atoms with Crippen molar-refractivity contribution < 1.29 is 9.18 Å². The number of halogens is 1. The molecule has 4 nitrogen and oxygen atoms in total. The lowest BCUT2D eigenvalue weighted by Crippen LogP contribution is -2.32. The Morgan fingerprint density at radius 2 is 2.05 bits per heavy atom. The number of carbonyl (C=O) groups excluding carboxylic acids is 1. The Morgan fingerprint density at radius 1 is 1.36 bits per heavy atom. The predicted molar refractivity (Wildman–Crippen MR) is 87.7 cm³/mol. The van der Waals surface area contributed by atoms with Crippen LogP contribution in [0, 0.1) is 12.7 Å². The van der Waals surface area contributed by atoms with Gasteiger partial charge < -0.3 is 10.2 Å². The Hall–Kier alpha value is -1.79. The Labute approximate surface area is 134 Å². The van der Waals surface area contributed by atoms with Crippen LogP contribution in [-0.2, 0) is 0 Å². The van der Waals surface area contributed by atoms with Crippen LogP contribution in [0.25, 0.3) is 10.6 Å². The maximum atomic E-state index is 13.0. The lowest BCUT2D eigenvalue weighted by molar-refractivity contribution is 0.0953. The van der Waals surface area contributed by atoms with Gasteiger partial charge in [0.05, 0.1) is 5.69 Å². The number of amides is 1. The number of rotatable bonds is 6. The Morgan fingerprint density at radius 3 is 2.68 bits per heavy atom. The van der Waals surface area contributed by atoms with E-state index in [1.54, 1.807) is 12.1 Å². The Bertz CT molecular complexity index is 639. The second-order valence-corrected chi connectivity index (χ2v) is 6.09. The predicted octanol–water partition coefficient (Wildman–Crippen LogP) is 2.94. The van der Waals surface area contributed by atoms with E-state index in [0.717, 1.165) is 23.7 Å². The van der Waals surface area contributed by atoms with E-state index in [1.807, 2.05) is 14.0 Å². The largest absolute Gasteiger partial charge is 0.350 e. The van der Waals surface area contributed by atoms with Crippen LogP contribution >= 0.6 is 11.3 Å². The SMILES string of the molecule is CCN(C)CCNC(=O)c1sc(-c2ccc(F)cc2)nc1C. The van der Waals surface area contributed by atoms with Gasteiger partial charge in [0.2, 0.25) is 0 Å². The zero-order valence-corrected chi connectivity index (χ0v) is 13.8. The molecule has 0 saturated heterocycles. The minimum atomic E-state index is -0.282. The number of carbonyl (C=O) groups is 1. The van der Waals surface area contributed by atoms with Gasteiger partial charge in [-0.1, -0.05) is 6.92 Å². The lowest BCUT2D eigenvalue weighted by Gasteiger charge is -2.13. The summed E-state index contributed by atoms with van der Waals surface area (Å²) in [4.78, 5) is 19.4. The molecular formula is C16H20FN3OS. The van der Waals surface area contributed by atoms with Crippen molar-refractivity contribution in [1.29, 1.82) is 0 Å². The molecule has 0 atom stereocenters. The molecule has 1 aromatic heterocycles. The summed E-state index contributed by atoms with van der Waals surface area (Å²) in [7, 11) is 2.01. The summed E-state index contributed by atoms with van der Waals surface area (Å²) in [6.07, 6.45) is 0. The number of likely N-dealkylation sites (N-methyl/N-ethyl adjacent to an activating group) is 1. The van der Waals surface area contributed by atoms with Crippen molar-refractivity contribution in [1.82, 2.24) is 15.2 Å². The van der Waals surface area contributed by atoms with Crippen molar-refractivity contribution in [3.8, 4) is 10.6 Å². The first-order valence-electron chi connectivity index (χ1n) is 7.21. The summed E-state index contributed by atoms with van der Waals surface area (Å²) in [5.74, 6) is -0.386. The first-order valence-corrected chi connectivity index (χ1v) is 8.03. The Kier molecular flexibility index (Phi) is 5.63. The summed E-state index contributed by atoms with van der Waals surface area (Å²) in [6.45, 7) is 6.25. The van der Waals surface area contributed by atoms with Crippen LogP contribution in [0.5, 0.6) is 0 Å². The van der Waals surface area contributed by atoms with E-state index in [4.69, 9.17) is 0 Å². The first-order chi connectivity index (χ1) is 10.5. The maximum absolute atomic E-state index is 13.0. The molecule has 22 heavy (non-hydrogen) atoms. The minimum absolute atomic E-state index is 0.104. The van der Waals surface area contributed by atoms with Crippen molar-refractivity contribution in [2.75, 3.05) is 26.7 Å². The zero-order valence-electron chi connectivity index (χ0n) is 13.0. The third-order valence-corrected chi connectivity index (χ3v) is 4.62. The van der Waals surface area contributed by atoms with E-state index < -0.39 is 0 Å². The number of nitrogens with zero attached hydrogens (tertiary/aromatic N) is 2. The topological polar surface area (TPSA) is 45.2 Å². The van der Waals surface area contributed by atoms with E-state index in [1.165, 1.54) is 23.5 Å². The van der Waals surface area contributed by atoms with Crippen molar-refractivity contribution >= 4 is 17.2 Å². The number of hydrogen-bond acceptors (Lipinski definition) is 4. The molecule has 1 amide bonds. The molecule has 0 unspecified atom stereocenters. The van der Waals surface area contributed by atoms with Crippen LogP contribution in [0.2, 0.25) is 0 Å². The van der Waals surface area contributed by atoms with Gasteiger partial charge in [-0.2, -0.15) is 0 Å². The quantitative estimate of drug-likeness (QED) is 0.890. The lowest BCUT2D eigenvalue weighted by atomic mass is 10.2. The second-order valence-electron chi connectivity index (χ2n) is 5.09. The van der Waals surface area contributed by atoms with Gasteiger partial charge in [-0.05, 0) is 44.8 Å². The average Bonchev–Trinajstić information content (AvgIpc) is 2.89. The third kappa shape index (κ3) is 4.11. The number of benzene rings is 1. The van der Waals surface area contributed by atoms with Gasteiger partial charge >= 0.3 is 0 Å². The fraction of sp³-hybridized carbons (Fsp3) is 0.375. The second kappa shape index (κ2) is 7.47. The number of aryl methyl sites for hydroxylation is 1. The van der Waals surface area contributed by atoms with Gasteiger partial charge in [-0.3, -0.25) is 4.79 Å². The number of aromatic nitrogens is 1.